The number of likely N-dealkylation sites (tertiary alicyclic amines) is 1. The maximum atomic E-state index is 13.2. The number of likely N-dealkylation sites (N-methyl/N-ethyl adjacent to an activating group) is 1. The zero-order chi connectivity index (χ0) is 19.8. The first-order valence-electron chi connectivity index (χ1n) is 10.2. The van der Waals surface area contributed by atoms with Gasteiger partial charge in [0, 0.05) is 57.8 Å². The average molecular weight is 384 g/mol. The van der Waals surface area contributed by atoms with Gasteiger partial charge in [0.05, 0.1) is 0 Å². The number of amides is 4. The molecular weight excluding hydrogens is 356 g/mol. The van der Waals surface area contributed by atoms with Gasteiger partial charge in [0.15, 0.2) is 0 Å². The second-order valence-electron chi connectivity index (χ2n) is 7.85. The summed E-state index contributed by atoms with van der Waals surface area (Å²) < 4.78 is 0. The summed E-state index contributed by atoms with van der Waals surface area (Å²) in [5.41, 5.74) is 1.90. The Labute approximate surface area is 165 Å². The molecule has 3 aliphatic heterocycles. The second kappa shape index (κ2) is 7.45. The number of carbonyl (C=O) groups excluding carboxylic acids is 3. The van der Waals surface area contributed by atoms with Gasteiger partial charge in [-0.1, -0.05) is 18.2 Å². The SMILES string of the molecule is CCN1CCN(C2CCN(C(=O)[C@@H]3Cc4ccccc4N3C(C)=O)CC2)C1=O. The smallest absolute Gasteiger partial charge is 0.320 e. The van der Waals surface area contributed by atoms with Crippen LogP contribution < -0.4 is 4.90 Å². The minimum absolute atomic E-state index is 0.0211. The molecule has 4 rings (SSSR count). The monoisotopic (exact) mass is 384 g/mol. The van der Waals surface area contributed by atoms with E-state index in [0.717, 1.165) is 43.7 Å². The van der Waals surface area contributed by atoms with Crippen molar-refractivity contribution in [2.45, 2.75) is 45.2 Å². The maximum absolute atomic E-state index is 13.2. The Bertz CT molecular complexity index is 788. The predicted octanol–water partition coefficient (Wildman–Crippen LogP) is 1.71. The lowest BCUT2D eigenvalue weighted by Crippen LogP contribution is -2.53. The van der Waals surface area contributed by atoms with E-state index in [9.17, 15) is 14.4 Å². The molecule has 150 valence electrons. The van der Waals surface area contributed by atoms with E-state index in [-0.39, 0.29) is 23.9 Å². The van der Waals surface area contributed by atoms with Crippen LogP contribution in [-0.2, 0) is 16.0 Å². The van der Waals surface area contributed by atoms with E-state index < -0.39 is 6.04 Å². The fourth-order valence-electron chi connectivity index (χ4n) is 4.81. The van der Waals surface area contributed by atoms with E-state index in [0.29, 0.717) is 19.5 Å². The van der Waals surface area contributed by atoms with Crippen LogP contribution in [0.25, 0.3) is 0 Å². The lowest BCUT2D eigenvalue weighted by Gasteiger charge is -2.38. The van der Waals surface area contributed by atoms with E-state index >= 15 is 0 Å². The number of nitrogens with zero attached hydrogens (tertiary/aromatic N) is 4. The van der Waals surface area contributed by atoms with Crippen molar-refractivity contribution in [1.82, 2.24) is 14.7 Å². The Morgan fingerprint density at radius 1 is 1.07 bits per heavy atom. The third-order valence-corrected chi connectivity index (χ3v) is 6.33. The summed E-state index contributed by atoms with van der Waals surface area (Å²) in [4.78, 5) is 45.2. The largest absolute Gasteiger partial charge is 0.341 e. The number of rotatable bonds is 3. The summed E-state index contributed by atoms with van der Waals surface area (Å²) in [5, 5.41) is 0. The molecule has 28 heavy (non-hydrogen) atoms. The van der Waals surface area contributed by atoms with Crippen molar-refractivity contribution in [3.05, 3.63) is 29.8 Å². The lowest BCUT2D eigenvalue weighted by molar-refractivity contribution is -0.135. The molecule has 0 spiro atoms. The van der Waals surface area contributed by atoms with Gasteiger partial charge in [-0.15, -0.1) is 0 Å². The summed E-state index contributed by atoms with van der Waals surface area (Å²) in [6.45, 7) is 7.12. The highest BCUT2D eigenvalue weighted by molar-refractivity contribution is 6.02. The van der Waals surface area contributed by atoms with Crippen LogP contribution >= 0.6 is 0 Å². The number of fused-ring (bicyclic) bond motifs is 1. The first-order valence-corrected chi connectivity index (χ1v) is 10.2. The predicted molar refractivity (Wildman–Crippen MR) is 106 cm³/mol. The van der Waals surface area contributed by atoms with E-state index in [4.69, 9.17) is 0 Å². The quantitative estimate of drug-likeness (QED) is 0.797. The highest BCUT2D eigenvalue weighted by Crippen LogP contribution is 2.33. The van der Waals surface area contributed by atoms with Crippen molar-refractivity contribution >= 4 is 23.5 Å². The van der Waals surface area contributed by atoms with Crippen molar-refractivity contribution in [3.8, 4) is 0 Å². The molecule has 1 aromatic rings. The minimum atomic E-state index is -0.449. The lowest BCUT2D eigenvalue weighted by atomic mass is 10.0. The number of urea groups is 1. The second-order valence-corrected chi connectivity index (χ2v) is 7.85. The van der Waals surface area contributed by atoms with Crippen LogP contribution in [0.4, 0.5) is 10.5 Å². The first-order chi connectivity index (χ1) is 13.5. The molecule has 0 N–H and O–H groups in total. The molecule has 0 bridgehead atoms. The molecule has 1 atom stereocenters. The molecular formula is C21H28N4O3. The summed E-state index contributed by atoms with van der Waals surface area (Å²) in [6.07, 6.45) is 2.17. The summed E-state index contributed by atoms with van der Waals surface area (Å²) in [6, 6.07) is 7.63. The molecule has 7 heteroatoms. The van der Waals surface area contributed by atoms with Crippen LogP contribution in [0.3, 0.4) is 0 Å². The fraction of sp³-hybridized carbons (Fsp3) is 0.571. The van der Waals surface area contributed by atoms with Crippen LogP contribution in [0.15, 0.2) is 24.3 Å². The highest BCUT2D eigenvalue weighted by Gasteiger charge is 2.41. The summed E-state index contributed by atoms with van der Waals surface area (Å²) >= 11 is 0. The minimum Gasteiger partial charge on any atom is -0.341 e. The molecule has 3 aliphatic rings. The average Bonchev–Trinajstić information content (AvgIpc) is 3.28. The number of anilines is 1. The van der Waals surface area contributed by atoms with E-state index in [1.165, 1.54) is 6.92 Å². The molecule has 0 radical (unpaired) electrons. The van der Waals surface area contributed by atoms with Gasteiger partial charge in [0.1, 0.15) is 6.04 Å². The van der Waals surface area contributed by atoms with Crippen molar-refractivity contribution in [2.75, 3.05) is 37.6 Å². The fourth-order valence-corrected chi connectivity index (χ4v) is 4.81. The van der Waals surface area contributed by atoms with Gasteiger partial charge in [0.2, 0.25) is 11.8 Å². The van der Waals surface area contributed by atoms with Crippen LogP contribution in [0.5, 0.6) is 0 Å². The van der Waals surface area contributed by atoms with E-state index in [2.05, 4.69) is 0 Å². The van der Waals surface area contributed by atoms with Crippen molar-refractivity contribution < 1.29 is 14.4 Å². The molecule has 2 saturated heterocycles. The van der Waals surface area contributed by atoms with Crippen molar-refractivity contribution in [1.29, 1.82) is 0 Å². The zero-order valence-electron chi connectivity index (χ0n) is 16.6. The summed E-state index contributed by atoms with van der Waals surface area (Å²) in [5.74, 6) is -0.0757. The first kappa shape index (κ1) is 18.8. The molecule has 0 aliphatic carbocycles. The van der Waals surface area contributed by atoms with Crippen molar-refractivity contribution in [3.63, 3.8) is 0 Å². The number of benzene rings is 1. The normalized spacial score (nSPS) is 22.8. The van der Waals surface area contributed by atoms with Gasteiger partial charge in [-0.2, -0.15) is 0 Å². The van der Waals surface area contributed by atoms with Crippen LogP contribution in [0.2, 0.25) is 0 Å². The van der Waals surface area contributed by atoms with Gasteiger partial charge < -0.3 is 14.7 Å². The van der Waals surface area contributed by atoms with Gasteiger partial charge in [-0.3, -0.25) is 14.5 Å². The standard InChI is InChI=1S/C21H28N4O3/c1-3-22-12-13-24(21(22)28)17-8-10-23(11-9-17)20(27)19-14-16-6-4-5-7-18(16)25(19)15(2)26/h4-7,17,19H,3,8-14H2,1-2H3/t19-/m0/s1. The Kier molecular flexibility index (Phi) is 5.00. The molecule has 2 fully saturated rings. The Hall–Kier alpha value is -2.57. The van der Waals surface area contributed by atoms with E-state index in [1.54, 1.807) is 4.90 Å². The molecule has 3 heterocycles. The topological polar surface area (TPSA) is 64.2 Å². The number of para-hydroxylation sites is 1. The third-order valence-electron chi connectivity index (χ3n) is 6.33. The molecule has 0 unspecified atom stereocenters. The third kappa shape index (κ3) is 3.12. The number of carbonyl (C=O) groups is 3. The highest BCUT2D eigenvalue weighted by atomic mass is 16.2. The molecule has 0 saturated carbocycles. The molecule has 7 nitrogen and oxygen atoms in total. The number of piperidine rings is 1. The van der Waals surface area contributed by atoms with E-state index in [1.807, 2.05) is 45.9 Å². The maximum Gasteiger partial charge on any atom is 0.320 e. The molecule has 1 aromatic carbocycles. The number of hydrogen-bond acceptors (Lipinski definition) is 3. The van der Waals surface area contributed by atoms with Gasteiger partial charge >= 0.3 is 6.03 Å². The molecule has 4 amide bonds. The summed E-state index contributed by atoms with van der Waals surface area (Å²) in [7, 11) is 0. The molecule has 0 aromatic heterocycles. The van der Waals surface area contributed by atoms with Crippen LogP contribution in [0, 0.1) is 0 Å². The van der Waals surface area contributed by atoms with Gasteiger partial charge in [-0.25, -0.2) is 4.79 Å². The van der Waals surface area contributed by atoms with Gasteiger partial charge in [-0.05, 0) is 31.4 Å². The van der Waals surface area contributed by atoms with Crippen molar-refractivity contribution in [2.24, 2.45) is 0 Å². The van der Waals surface area contributed by atoms with Crippen LogP contribution in [0.1, 0.15) is 32.3 Å². The Morgan fingerprint density at radius 2 is 1.79 bits per heavy atom. The van der Waals surface area contributed by atoms with Crippen LogP contribution in [-0.4, -0.2) is 77.4 Å². The Morgan fingerprint density at radius 3 is 2.43 bits per heavy atom. The van der Waals surface area contributed by atoms with Gasteiger partial charge in [0.25, 0.3) is 0 Å². The Balaban J connectivity index is 1.41. The number of hydrogen-bond donors (Lipinski definition) is 0. The zero-order valence-corrected chi connectivity index (χ0v) is 16.6.